The predicted octanol–water partition coefficient (Wildman–Crippen LogP) is 7.66. The summed E-state index contributed by atoms with van der Waals surface area (Å²) in [5, 5.41) is 3.74. The maximum absolute atomic E-state index is 13.4. The molecule has 30 heavy (non-hydrogen) atoms. The summed E-state index contributed by atoms with van der Waals surface area (Å²) in [4.78, 5) is 14.8. The topological polar surface area (TPSA) is 17.1 Å². The van der Waals surface area contributed by atoms with Crippen molar-refractivity contribution in [1.82, 2.24) is 0 Å². The van der Waals surface area contributed by atoms with Gasteiger partial charge in [0.15, 0.2) is 5.78 Å². The van der Waals surface area contributed by atoms with E-state index in [0.717, 1.165) is 20.9 Å². The maximum Gasteiger partial charge on any atom is 0.195 e. The van der Waals surface area contributed by atoms with E-state index in [-0.39, 0.29) is 17.4 Å². The van der Waals surface area contributed by atoms with Crippen LogP contribution >= 0.6 is 22.7 Å². The number of rotatable bonds is 6. The molecule has 0 aliphatic carbocycles. The second kappa shape index (κ2) is 9.11. The molecule has 0 spiro atoms. The Morgan fingerprint density at radius 1 is 0.667 bits per heavy atom. The highest BCUT2D eigenvalue weighted by atomic mass is 32.1. The first-order valence-corrected chi connectivity index (χ1v) is 10.9. The summed E-state index contributed by atoms with van der Waals surface area (Å²) < 4.78 is 26.8. The molecule has 2 aromatic carbocycles. The Bertz CT molecular complexity index is 1150. The highest BCUT2D eigenvalue weighted by Gasteiger charge is 2.17. The van der Waals surface area contributed by atoms with Crippen LogP contribution in [-0.2, 0) is 0 Å². The second-order valence-electron chi connectivity index (χ2n) is 6.50. The van der Waals surface area contributed by atoms with E-state index in [0.29, 0.717) is 11.1 Å². The van der Waals surface area contributed by atoms with Crippen LogP contribution in [0.3, 0.4) is 0 Å². The second-order valence-corrected chi connectivity index (χ2v) is 8.40. The molecule has 1 nitrogen and oxygen atoms in total. The largest absolute Gasteiger partial charge is 0.289 e. The fraction of sp³-hybridized carbons (Fsp3) is 0. The number of carbonyl (C=O) groups is 1. The normalized spacial score (nSPS) is 11.5. The monoisotopic (exact) mass is 434 g/mol. The summed E-state index contributed by atoms with van der Waals surface area (Å²) in [6, 6.07) is 16.2. The Labute approximate surface area is 181 Å². The molecule has 4 rings (SSSR count). The maximum atomic E-state index is 13.4. The van der Waals surface area contributed by atoms with E-state index >= 15 is 0 Å². The van der Waals surface area contributed by atoms with E-state index in [1.165, 1.54) is 46.9 Å². The molecule has 2 aromatic heterocycles. The smallest absolute Gasteiger partial charge is 0.195 e. The summed E-state index contributed by atoms with van der Waals surface area (Å²) in [6.07, 6.45) is 7.26. The molecule has 0 aliphatic heterocycles. The van der Waals surface area contributed by atoms with Crippen molar-refractivity contribution in [3.63, 3.8) is 0 Å². The van der Waals surface area contributed by atoms with Crippen molar-refractivity contribution in [2.24, 2.45) is 0 Å². The highest BCUT2D eigenvalue weighted by molar-refractivity contribution is 7.12. The van der Waals surface area contributed by atoms with Gasteiger partial charge < -0.3 is 0 Å². The summed E-state index contributed by atoms with van der Waals surface area (Å²) in [6.45, 7) is 0. The van der Waals surface area contributed by atoms with Crippen molar-refractivity contribution in [2.45, 2.75) is 0 Å². The van der Waals surface area contributed by atoms with Crippen molar-refractivity contribution >= 4 is 52.8 Å². The quantitative estimate of drug-likeness (QED) is 0.285. The van der Waals surface area contributed by atoms with Crippen molar-refractivity contribution in [3.8, 4) is 0 Å². The number of benzene rings is 2. The van der Waals surface area contributed by atoms with E-state index in [9.17, 15) is 13.6 Å². The molecule has 0 amide bonds. The molecule has 4 aromatic rings. The van der Waals surface area contributed by atoms with Crippen LogP contribution in [0.2, 0.25) is 0 Å². The average Bonchev–Trinajstić information content (AvgIpc) is 3.40. The van der Waals surface area contributed by atoms with Crippen molar-refractivity contribution in [2.75, 3.05) is 0 Å². The van der Waals surface area contributed by atoms with Gasteiger partial charge in [-0.25, -0.2) is 8.78 Å². The molecule has 0 atom stereocenters. The van der Waals surface area contributed by atoms with Gasteiger partial charge in [0.1, 0.15) is 11.6 Å². The van der Waals surface area contributed by atoms with Crippen LogP contribution in [0.1, 0.15) is 36.8 Å². The minimum atomic E-state index is -0.298. The Balaban J connectivity index is 1.58. The molecule has 0 radical (unpaired) electrons. The molecule has 2 heterocycles. The molecule has 0 N–H and O–H groups in total. The first-order valence-electron chi connectivity index (χ1n) is 9.17. The van der Waals surface area contributed by atoms with Gasteiger partial charge in [0.05, 0.1) is 0 Å². The van der Waals surface area contributed by atoms with Crippen molar-refractivity contribution < 1.29 is 13.6 Å². The van der Waals surface area contributed by atoms with E-state index in [2.05, 4.69) is 0 Å². The number of hydrogen-bond donors (Lipinski definition) is 0. The van der Waals surface area contributed by atoms with Crippen LogP contribution in [-0.4, -0.2) is 5.78 Å². The van der Waals surface area contributed by atoms with Crippen molar-refractivity contribution in [1.29, 1.82) is 0 Å². The van der Waals surface area contributed by atoms with Crippen molar-refractivity contribution in [3.05, 3.63) is 115 Å². The highest BCUT2D eigenvalue weighted by Crippen LogP contribution is 2.27. The Morgan fingerprint density at radius 3 is 1.57 bits per heavy atom. The molecular formula is C25H16F2OS2. The molecular weight excluding hydrogens is 418 g/mol. The van der Waals surface area contributed by atoms with Crippen LogP contribution in [0.15, 0.2) is 71.4 Å². The van der Waals surface area contributed by atoms with Crippen LogP contribution in [0.5, 0.6) is 0 Å². The minimum absolute atomic E-state index is 0.0738. The van der Waals surface area contributed by atoms with Gasteiger partial charge in [0.25, 0.3) is 0 Å². The summed E-state index contributed by atoms with van der Waals surface area (Å²) >= 11 is 2.92. The standard InChI is InChI=1S/C25H16F2OS2/c26-19-5-1-3-17(15-19)7-9-23-21(11-13-29-23)25(28)22-12-14-30-24(22)10-8-18-4-2-6-20(27)16-18/h1-16H. The van der Waals surface area contributed by atoms with Crippen LogP contribution in [0.4, 0.5) is 8.78 Å². The van der Waals surface area contributed by atoms with Gasteiger partial charge in [-0.05, 0) is 70.4 Å². The van der Waals surface area contributed by atoms with Crippen LogP contribution < -0.4 is 0 Å². The van der Waals surface area contributed by atoms with Gasteiger partial charge in [0, 0.05) is 20.9 Å². The Hall–Kier alpha value is -3.15. The van der Waals surface area contributed by atoms with Gasteiger partial charge >= 0.3 is 0 Å². The molecule has 0 saturated heterocycles. The summed E-state index contributed by atoms with van der Waals surface area (Å²) in [7, 11) is 0. The lowest BCUT2D eigenvalue weighted by Crippen LogP contribution is -2.01. The third-order valence-electron chi connectivity index (χ3n) is 4.43. The van der Waals surface area contributed by atoms with Gasteiger partial charge in [-0.2, -0.15) is 0 Å². The molecule has 0 fully saturated rings. The fourth-order valence-corrected chi connectivity index (χ4v) is 4.55. The summed E-state index contributed by atoms with van der Waals surface area (Å²) in [5.74, 6) is -0.671. The number of thiophene rings is 2. The Kier molecular flexibility index (Phi) is 6.12. The van der Waals surface area contributed by atoms with Crippen LogP contribution in [0, 0.1) is 11.6 Å². The zero-order chi connectivity index (χ0) is 20.9. The molecule has 0 unspecified atom stereocenters. The minimum Gasteiger partial charge on any atom is -0.289 e. The van der Waals surface area contributed by atoms with E-state index in [1.54, 1.807) is 36.4 Å². The first kappa shape index (κ1) is 20.1. The zero-order valence-corrected chi connectivity index (χ0v) is 17.4. The van der Waals surface area contributed by atoms with Crippen LogP contribution in [0.25, 0.3) is 24.3 Å². The third-order valence-corrected chi connectivity index (χ3v) is 6.20. The van der Waals surface area contributed by atoms with E-state index in [1.807, 2.05) is 35.0 Å². The SMILES string of the molecule is O=C(c1ccsc1C=Cc1cccc(F)c1)c1ccsc1C=Cc1cccc(F)c1. The number of hydrogen-bond acceptors (Lipinski definition) is 3. The zero-order valence-electron chi connectivity index (χ0n) is 15.7. The lowest BCUT2D eigenvalue weighted by molar-refractivity contribution is 0.103. The van der Waals surface area contributed by atoms with Gasteiger partial charge in [0.2, 0.25) is 0 Å². The van der Waals surface area contributed by atoms with Gasteiger partial charge in [-0.15, -0.1) is 22.7 Å². The van der Waals surface area contributed by atoms with E-state index in [4.69, 9.17) is 0 Å². The molecule has 148 valence electrons. The van der Waals surface area contributed by atoms with E-state index < -0.39 is 0 Å². The van der Waals surface area contributed by atoms with Gasteiger partial charge in [-0.1, -0.05) is 36.4 Å². The lowest BCUT2D eigenvalue weighted by Gasteiger charge is -2.01. The Morgan fingerprint density at radius 2 is 1.13 bits per heavy atom. The fourth-order valence-electron chi connectivity index (χ4n) is 2.98. The predicted molar refractivity (Wildman–Crippen MR) is 123 cm³/mol. The average molecular weight is 435 g/mol. The molecule has 0 bridgehead atoms. The number of carbonyl (C=O) groups excluding carboxylic acids is 1. The number of halogens is 2. The number of ketones is 1. The van der Waals surface area contributed by atoms with Gasteiger partial charge in [-0.3, -0.25) is 4.79 Å². The lowest BCUT2D eigenvalue weighted by atomic mass is 10.0. The first-order chi connectivity index (χ1) is 14.6. The molecule has 0 aliphatic rings. The molecule has 5 heteroatoms. The summed E-state index contributed by atoms with van der Waals surface area (Å²) in [5.41, 5.74) is 2.67. The molecule has 0 saturated carbocycles. The third kappa shape index (κ3) is 4.70.